The van der Waals surface area contributed by atoms with Crippen LogP contribution in [0.15, 0.2) is 0 Å². The Kier molecular flexibility index (Phi) is 9.97. The SMILES string of the molecule is CC(C)[CH](C(C)C)[Al]([CH](C(C)C)C(C)C)[CH](C(C)C)C(C)C. The molecule has 22 heavy (non-hydrogen) atoms. The highest BCUT2D eigenvalue weighted by Crippen LogP contribution is 2.50. The molecule has 1 heteroatoms. The molecule has 0 aliphatic heterocycles. The Morgan fingerprint density at radius 1 is 0.318 bits per heavy atom. The van der Waals surface area contributed by atoms with Crippen LogP contribution < -0.4 is 0 Å². The second-order valence-electron chi connectivity index (χ2n) is 9.77. The molecule has 0 saturated heterocycles. The molecule has 0 fully saturated rings. The third-order valence-corrected chi connectivity index (χ3v) is 13.2. The van der Waals surface area contributed by atoms with Crippen molar-refractivity contribution in [2.45, 2.75) is 97.4 Å². The molecule has 0 saturated carbocycles. The van der Waals surface area contributed by atoms with Crippen molar-refractivity contribution in [2.75, 3.05) is 0 Å². The van der Waals surface area contributed by atoms with E-state index in [1.807, 2.05) is 0 Å². The van der Waals surface area contributed by atoms with Crippen molar-refractivity contribution in [3.63, 3.8) is 0 Å². The molecule has 0 heterocycles. The first-order valence-corrected chi connectivity index (χ1v) is 11.9. The molecule has 0 rings (SSSR count). The predicted molar refractivity (Wildman–Crippen MR) is 106 cm³/mol. The van der Waals surface area contributed by atoms with E-state index in [1.165, 1.54) is 0 Å². The van der Waals surface area contributed by atoms with Crippen LogP contribution in [0.5, 0.6) is 0 Å². The average Bonchev–Trinajstić information content (AvgIpc) is 2.24. The van der Waals surface area contributed by atoms with Crippen molar-refractivity contribution in [3.8, 4) is 0 Å². The molecule has 0 amide bonds. The summed E-state index contributed by atoms with van der Waals surface area (Å²) in [7, 11) is 0. The Hall–Kier alpha value is 0.532. The predicted octanol–water partition coefficient (Wildman–Crippen LogP) is 7.53. The van der Waals surface area contributed by atoms with Crippen molar-refractivity contribution in [1.29, 1.82) is 0 Å². The summed E-state index contributed by atoms with van der Waals surface area (Å²) in [5.74, 6) is 4.98. The fourth-order valence-corrected chi connectivity index (χ4v) is 12.6. The van der Waals surface area contributed by atoms with Crippen LogP contribution in [0, 0.1) is 35.5 Å². The summed E-state index contributed by atoms with van der Waals surface area (Å²) in [5, 5.41) is 0. The molecule has 0 N–H and O–H groups in total. The van der Waals surface area contributed by atoms with Gasteiger partial charge >= 0.3 is 0 Å². The molecular formula is C21H45Al. The molecular weight excluding hydrogens is 279 g/mol. The van der Waals surface area contributed by atoms with E-state index in [-0.39, 0.29) is 0 Å². The summed E-state index contributed by atoms with van der Waals surface area (Å²) in [5.41, 5.74) is 0. The minimum absolute atomic E-state index is 0.830. The lowest BCUT2D eigenvalue weighted by Crippen LogP contribution is -2.44. The monoisotopic (exact) mass is 324 g/mol. The third kappa shape index (κ3) is 5.87. The first-order chi connectivity index (χ1) is 9.93. The summed E-state index contributed by atoms with van der Waals surface area (Å²) < 4.78 is 2.89. The van der Waals surface area contributed by atoms with Crippen molar-refractivity contribution >= 4 is 14.1 Å². The Bertz CT molecular complexity index is 217. The van der Waals surface area contributed by atoms with E-state index in [2.05, 4.69) is 83.1 Å². The molecule has 0 aromatic carbocycles. The lowest BCUT2D eigenvalue weighted by molar-refractivity contribution is 0.368. The zero-order chi connectivity index (χ0) is 17.8. The van der Waals surface area contributed by atoms with Gasteiger partial charge in [-0.05, 0) is 0 Å². The van der Waals surface area contributed by atoms with Gasteiger partial charge in [0.15, 0.2) is 0 Å². The van der Waals surface area contributed by atoms with Gasteiger partial charge in [0.2, 0.25) is 0 Å². The maximum atomic E-state index is 2.49. The minimum atomic E-state index is -0.926. The average molecular weight is 325 g/mol. The van der Waals surface area contributed by atoms with Gasteiger partial charge < -0.3 is 0 Å². The molecule has 0 radical (unpaired) electrons. The highest BCUT2D eigenvalue weighted by atomic mass is 27.2. The van der Waals surface area contributed by atoms with E-state index in [0.717, 1.165) is 49.8 Å². The van der Waals surface area contributed by atoms with Crippen LogP contribution in [0.3, 0.4) is 0 Å². The van der Waals surface area contributed by atoms with E-state index < -0.39 is 14.1 Å². The van der Waals surface area contributed by atoms with E-state index in [1.54, 1.807) is 0 Å². The highest BCUT2D eigenvalue weighted by molar-refractivity contribution is 6.64. The fourth-order valence-electron chi connectivity index (χ4n) is 5.75. The largest absolute Gasteiger partial charge is 0.274 e. The Balaban J connectivity index is 6.03. The van der Waals surface area contributed by atoms with Gasteiger partial charge in [0.05, 0.1) is 0 Å². The molecule has 0 aromatic heterocycles. The Morgan fingerprint density at radius 2 is 0.455 bits per heavy atom. The Labute approximate surface area is 147 Å². The number of rotatable bonds is 9. The normalized spacial score (nSPS) is 13.5. The lowest BCUT2D eigenvalue weighted by Gasteiger charge is -2.45. The lowest BCUT2D eigenvalue weighted by atomic mass is 9.97. The van der Waals surface area contributed by atoms with Gasteiger partial charge in [0.25, 0.3) is 14.1 Å². The summed E-state index contributed by atoms with van der Waals surface area (Å²) in [6.45, 7) is 29.8. The van der Waals surface area contributed by atoms with Crippen LogP contribution in [0.25, 0.3) is 0 Å². The van der Waals surface area contributed by atoms with Gasteiger partial charge in [-0.2, -0.15) is 0 Å². The van der Waals surface area contributed by atoms with Crippen LogP contribution in [-0.4, -0.2) is 14.1 Å². The second-order valence-corrected chi connectivity index (χ2v) is 13.2. The fraction of sp³-hybridized carbons (Fsp3) is 1.00. The van der Waals surface area contributed by atoms with E-state index >= 15 is 0 Å². The van der Waals surface area contributed by atoms with Gasteiger partial charge in [-0.15, -0.1) is 0 Å². The van der Waals surface area contributed by atoms with Crippen LogP contribution >= 0.6 is 0 Å². The first-order valence-electron chi connectivity index (χ1n) is 9.93. The molecule has 0 aromatic rings. The third-order valence-electron chi connectivity index (χ3n) is 5.95. The molecule has 0 atom stereocenters. The molecule has 132 valence electrons. The molecule has 0 aliphatic carbocycles. The first kappa shape index (κ1) is 22.5. The second kappa shape index (κ2) is 9.74. The molecule has 0 spiro atoms. The van der Waals surface area contributed by atoms with E-state index in [4.69, 9.17) is 0 Å². The molecule has 0 nitrogen and oxygen atoms in total. The standard InChI is InChI=1S/3C7H15.Al/c3*1-6(2)5-7(3)4;/h3*5-7H,1-4H3;. The van der Waals surface area contributed by atoms with Crippen molar-refractivity contribution in [2.24, 2.45) is 35.5 Å². The van der Waals surface area contributed by atoms with Crippen molar-refractivity contribution < 1.29 is 0 Å². The van der Waals surface area contributed by atoms with Gasteiger partial charge in [-0.25, -0.2) is 0 Å². The maximum Gasteiger partial charge on any atom is 0.274 e. The minimum Gasteiger partial charge on any atom is -0.0772 e. The Morgan fingerprint density at radius 3 is 0.545 bits per heavy atom. The summed E-state index contributed by atoms with van der Waals surface area (Å²) in [4.78, 5) is 0. The maximum absolute atomic E-state index is 2.49. The van der Waals surface area contributed by atoms with Crippen LogP contribution in [0.1, 0.15) is 83.1 Å². The van der Waals surface area contributed by atoms with E-state index in [0.29, 0.717) is 0 Å². The van der Waals surface area contributed by atoms with Gasteiger partial charge in [0.1, 0.15) is 0 Å². The number of hydrogen-bond donors (Lipinski definition) is 0. The van der Waals surface area contributed by atoms with Crippen molar-refractivity contribution in [3.05, 3.63) is 0 Å². The molecule has 0 unspecified atom stereocenters. The number of hydrogen-bond acceptors (Lipinski definition) is 0. The molecule has 0 aliphatic rings. The van der Waals surface area contributed by atoms with Crippen molar-refractivity contribution in [1.82, 2.24) is 0 Å². The summed E-state index contributed by atoms with van der Waals surface area (Å²) >= 11 is -0.926. The highest BCUT2D eigenvalue weighted by Gasteiger charge is 2.47. The van der Waals surface area contributed by atoms with Gasteiger partial charge in [-0.1, -0.05) is 133 Å². The summed E-state index contributed by atoms with van der Waals surface area (Å²) in [6, 6.07) is 0. The van der Waals surface area contributed by atoms with E-state index in [9.17, 15) is 0 Å². The smallest absolute Gasteiger partial charge is 0.0772 e. The zero-order valence-electron chi connectivity index (χ0n) is 17.8. The van der Waals surface area contributed by atoms with Gasteiger partial charge in [-0.3, -0.25) is 0 Å². The molecule has 0 bridgehead atoms. The van der Waals surface area contributed by atoms with Crippen LogP contribution in [0.4, 0.5) is 0 Å². The zero-order valence-corrected chi connectivity index (χ0v) is 18.9. The van der Waals surface area contributed by atoms with Crippen LogP contribution in [0.2, 0.25) is 14.3 Å². The quantitative estimate of drug-likeness (QED) is 0.384. The topological polar surface area (TPSA) is 0 Å². The van der Waals surface area contributed by atoms with Crippen LogP contribution in [-0.2, 0) is 0 Å². The van der Waals surface area contributed by atoms with Gasteiger partial charge in [0, 0.05) is 0 Å². The summed E-state index contributed by atoms with van der Waals surface area (Å²) in [6.07, 6.45) is 0.